The second-order valence-corrected chi connectivity index (χ2v) is 9.75. The van der Waals surface area contributed by atoms with E-state index < -0.39 is 22.5 Å². The molecule has 1 fully saturated rings. The SMILES string of the molecule is CC(C(=O)N1CCC[C@H]1C(=O)O)C(SC(=O)c1ccccc1)SC(=O)c1ccccc1. The maximum Gasteiger partial charge on any atom is 0.326 e. The summed E-state index contributed by atoms with van der Waals surface area (Å²) in [4.78, 5) is 51.7. The first kappa shape index (κ1) is 23.1. The first-order valence-corrected chi connectivity index (χ1v) is 11.7. The number of carboxylic acids is 1. The van der Waals surface area contributed by atoms with E-state index in [0.29, 0.717) is 30.5 Å². The monoisotopic (exact) mass is 457 g/mol. The number of thioether (sulfide) groups is 2. The molecule has 2 atom stereocenters. The van der Waals surface area contributed by atoms with Gasteiger partial charge in [0.05, 0.1) is 10.5 Å². The summed E-state index contributed by atoms with van der Waals surface area (Å²) in [5.74, 6) is -2.11. The summed E-state index contributed by atoms with van der Waals surface area (Å²) in [6, 6.07) is 16.5. The quantitative estimate of drug-likeness (QED) is 0.624. The second-order valence-electron chi connectivity index (χ2n) is 7.23. The van der Waals surface area contributed by atoms with E-state index in [1.807, 2.05) is 0 Å². The molecule has 6 nitrogen and oxygen atoms in total. The summed E-state index contributed by atoms with van der Waals surface area (Å²) in [5.41, 5.74) is 0.962. The van der Waals surface area contributed by atoms with Gasteiger partial charge < -0.3 is 10.0 Å². The first-order valence-electron chi connectivity index (χ1n) is 9.94. The predicted molar refractivity (Wildman–Crippen MR) is 122 cm³/mol. The van der Waals surface area contributed by atoms with Crippen LogP contribution in [0.25, 0.3) is 0 Å². The minimum atomic E-state index is -1.03. The second kappa shape index (κ2) is 10.6. The zero-order valence-electron chi connectivity index (χ0n) is 17.0. The molecular formula is C23H23NO5S2. The van der Waals surface area contributed by atoms with Crippen LogP contribution in [-0.4, -0.2) is 49.3 Å². The van der Waals surface area contributed by atoms with Crippen LogP contribution in [0.3, 0.4) is 0 Å². The van der Waals surface area contributed by atoms with Gasteiger partial charge in [-0.25, -0.2) is 4.79 Å². The van der Waals surface area contributed by atoms with Crippen molar-refractivity contribution >= 4 is 45.6 Å². The number of hydrogen-bond donors (Lipinski definition) is 1. The molecule has 0 saturated carbocycles. The van der Waals surface area contributed by atoms with Crippen molar-refractivity contribution in [2.45, 2.75) is 30.4 Å². The van der Waals surface area contributed by atoms with Crippen LogP contribution in [0.2, 0.25) is 0 Å². The Morgan fingerprint density at radius 2 is 1.39 bits per heavy atom. The van der Waals surface area contributed by atoms with Gasteiger partial charge in [0, 0.05) is 17.7 Å². The van der Waals surface area contributed by atoms with Crippen LogP contribution in [0.1, 0.15) is 40.5 Å². The fourth-order valence-electron chi connectivity index (χ4n) is 3.39. The van der Waals surface area contributed by atoms with Crippen molar-refractivity contribution in [2.24, 2.45) is 5.92 Å². The van der Waals surface area contributed by atoms with Gasteiger partial charge in [-0.05, 0) is 12.8 Å². The lowest BCUT2D eigenvalue weighted by Crippen LogP contribution is -2.44. The van der Waals surface area contributed by atoms with E-state index in [9.17, 15) is 24.3 Å². The maximum absolute atomic E-state index is 13.2. The molecule has 1 unspecified atom stereocenters. The van der Waals surface area contributed by atoms with Gasteiger partial charge in [-0.15, -0.1) is 0 Å². The summed E-state index contributed by atoms with van der Waals surface area (Å²) in [5, 5.41) is 8.95. The van der Waals surface area contributed by atoms with Crippen LogP contribution < -0.4 is 0 Å². The highest BCUT2D eigenvalue weighted by Gasteiger charge is 2.39. The largest absolute Gasteiger partial charge is 0.480 e. The number of likely N-dealkylation sites (tertiary alicyclic amines) is 1. The van der Waals surface area contributed by atoms with E-state index >= 15 is 0 Å². The number of amides is 1. The van der Waals surface area contributed by atoms with Crippen LogP contribution in [0, 0.1) is 5.92 Å². The number of carboxylic acid groups (broad SMARTS) is 1. The number of carbonyl (C=O) groups is 4. The first-order chi connectivity index (χ1) is 14.9. The summed E-state index contributed by atoms with van der Waals surface area (Å²) in [7, 11) is 0. The normalized spacial score (nSPS) is 16.8. The zero-order valence-corrected chi connectivity index (χ0v) is 18.6. The van der Waals surface area contributed by atoms with E-state index in [4.69, 9.17) is 0 Å². The maximum atomic E-state index is 13.2. The number of benzene rings is 2. The Morgan fingerprint density at radius 1 is 0.903 bits per heavy atom. The highest BCUT2D eigenvalue weighted by molar-refractivity contribution is 8.30. The lowest BCUT2D eigenvalue weighted by Gasteiger charge is -2.28. The third kappa shape index (κ3) is 5.77. The van der Waals surface area contributed by atoms with Crippen LogP contribution >= 0.6 is 23.5 Å². The Bertz CT molecular complexity index is 897. The Labute approximate surface area is 189 Å². The molecule has 8 heteroatoms. The van der Waals surface area contributed by atoms with Crippen LogP contribution in [0.4, 0.5) is 0 Å². The molecule has 0 aliphatic carbocycles. The van der Waals surface area contributed by atoms with Gasteiger partial charge >= 0.3 is 5.97 Å². The van der Waals surface area contributed by atoms with Crippen molar-refractivity contribution < 1.29 is 24.3 Å². The number of rotatable bonds is 7. The minimum absolute atomic E-state index is 0.241. The third-order valence-electron chi connectivity index (χ3n) is 5.08. The predicted octanol–water partition coefficient (Wildman–Crippen LogP) is 4.17. The molecule has 2 aromatic rings. The summed E-state index contributed by atoms with van der Waals surface area (Å²) >= 11 is 1.87. The lowest BCUT2D eigenvalue weighted by atomic mass is 10.1. The molecule has 0 spiro atoms. The highest BCUT2D eigenvalue weighted by Crippen LogP contribution is 2.37. The van der Waals surface area contributed by atoms with Crippen molar-refractivity contribution in [1.82, 2.24) is 4.90 Å². The molecule has 0 bridgehead atoms. The van der Waals surface area contributed by atoms with E-state index in [-0.39, 0.29) is 16.1 Å². The topological polar surface area (TPSA) is 91.8 Å². The average molecular weight is 458 g/mol. The van der Waals surface area contributed by atoms with E-state index in [1.54, 1.807) is 67.6 Å². The van der Waals surface area contributed by atoms with Gasteiger partial charge in [0.25, 0.3) is 0 Å². The van der Waals surface area contributed by atoms with Crippen molar-refractivity contribution in [1.29, 1.82) is 0 Å². The third-order valence-corrected chi connectivity index (χ3v) is 7.84. The molecule has 31 heavy (non-hydrogen) atoms. The molecular weight excluding hydrogens is 434 g/mol. The van der Waals surface area contributed by atoms with Crippen LogP contribution in [0.5, 0.6) is 0 Å². The Hall–Kier alpha value is -2.58. The van der Waals surface area contributed by atoms with Gasteiger partial charge in [-0.3, -0.25) is 14.4 Å². The van der Waals surface area contributed by atoms with E-state index in [1.165, 1.54) is 4.90 Å². The van der Waals surface area contributed by atoms with E-state index in [2.05, 4.69) is 0 Å². The molecule has 2 aromatic carbocycles. The Morgan fingerprint density at radius 3 is 1.84 bits per heavy atom. The van der Waals surface area contributed by atoms with Crippen molar-refractivity contribution in [2.75, 3.05) is 6.54 Å². The van der Waals surface area contributed by atoms with Crippen molar-refractivity contribution in [3.8, 4) is 0 Å². The Kier molecular flexibility index (Phi) is 7.92. The summed E-state index contributed by atoms with van der Waals surface area (Å²) in [6.07, 6.45) is 1.02. The molecule has 1 aliphatic heterocycles. The van der Waals surface area contributed by atoms with Gasteiger partial charge in [-0.1, -0.05) is 91.1 Å². The molecule has 162 valence electrons. The number of carbonyl (C=O) groups excluding carboxylic acids is 3. The Balaban J connectivity index is 1.81. The standard InChI is InChI=1S/C23H23NO5S2/c1-15(19(25)24-14-8-13-18(24)20(26)27)23(30-21(28)16-9-4-2-5-10-16)31-22(29)17-11-6-3-7-12-17/h2-7,9-12,15,18,23H,8,13-14H2,1H3,(H,26,27)/t15?,18-/m0/s1. The molecule has 1 saturated heterocycles. The molecule has 1 amide bonds. The lowest BCUT2D eigenvalue weighted by molar-refractivity contribution is -0.149. The molecule has 0 radical (unpaired) electrons. The molecule has 0 aromatic heterocycles. The zero-order chi connectivity index (χ0) is 22.4. The van der Waals surface area contributed by atoms with Gasteiger partial charge in [0.1, 0.15) is 6.04 Å². The number of nitrogens with zero attached hydrogens (tertiary/aromatic N) is 1. The minimum Gasteiger partial charge on any atom is -0.480 e. The number of hydrogen-bond acceptors (Lipinski definition) is 6. The fourth-order valence-corrected chi connectivity index (χ4v) is 5.71. The molecule has 1 aliphatic rings. The van der Waals surface area contributed by atoms with Gasteiger partial charge in [0.2, 0.25) is 16.1 Å². The molecule has 1 N–H and O–H groups in total. The van der Waals surface area contributed by atoms with Gasteiger partial charge in [-0.2, -0.15) is 0 Å². The summed E-state index contributed by atoms with van der Waals surface area (Å²) in [6.45, 7) is 2.02. The van der Waals surface area contributed by atoms with Crippen molar-refractivity contribution in [3.05, 3.63) is 71.8 Å². The van der Waals surface area contributed by atoms with Gasteiger partial charge in [0.15, 0.2) is 0 Å². The average Bonchev–Trinajstić information content (AvgIpc) is 3.29. The summed E-state index contributed by atoms with van der Waals surface area (Å²) < 4.78 is -0.692. The van der Waals surface area contributed by atoms with Crippen molar-refractivity contribution in [3.63, 3.8) is 0 Å². The highest BCUT2D eigenvalue weighted by atomic mass is 32.2. The number of aliphatic carboxylic acids is 1. The smallest absolute Gasteiger partial charge is 0.326 e. The molecule has 1 heterocycles. The fraction of sp³-hybridized carbons (Fsp3) is 0.304. The molecule has 3 rings (SSSR count). The van der Waals surface area contributed by atoms with E-state index in [0.717, 1.165) is 23.5 Å². The van der Waals surface area contributed by atoms with Crippen LogP contribution in [0.15, 0.2) is 60.7 Å². The van der Waals surface area contributed by atoms with Crippen LogP contribution in [-0.2, 0) is 9.59 Å².